The van der Waals surface area contributed by atoms with E-state index < -0.39 is 29.9 Å². The van der Waals surface area contributed by atoms with Gasteiger partial charge in [-0.15, -0.1) is 0 Å². The van der Waals surface area contributed by atoms with Gasteiger partial charge in [0.2, 0.25) is 23.6 Å². The van der Waals surface area contributed by atoms with Crippen molar-refractivity contribution in [2.24, 2.45) is 11.7 Å². The molecule has 0 saturated carbocycles. The van der Waals surface area contributed by atoms with E-state index in [-0.39, 0.29) is 178 Å². The van der Waals surface area contributed by atoms with Crippen molar-refractivity contribution in [1.82, 2.24) is 21.3 Å². The Labute approximate surface area is 457 Å². The number of ketones is 1. The molecule has 23 heteroatoms. The van der Waals surface area contributed by atoms with Gasteiger partial charge in [-0.05, 0) is 38.4 Å². The molecule has 0 saturated heterocycles. The van der Waals surface area contributed by atoms with Gasteiger partial charge in [0.25, 0.3) is 5.97 Å². The number of thioether (sulfide) groups is 1. The fourth-order valence-electron chi connectivity index (χ4n) is 6.32. The number of aliphatic carboxylic acids is 3. The number of hydrogen-bond acceptors (Lipinski definition) is 15. The maximum absolute atomic E-state index is 12.4. The second kappa shape index (κ2) is 54.2. The predicted octanol–water partition coefficient (Wildman–Crippen LogP) is 4.00. The number of carboxylic acid groups (broad SMARTS) is 3. The Bertz CT molecular complexity index is 1450. The molecule has 1 radical (unpaired) electrons. The van der Waals surface area contributed by atoms with Gasteiger partial charge in [0.1, 0.15) is 31.3 Å². The topological polar surface area (TPSA) is 325 Å². The van der Waals surface area contributed by atoms with Crippen LogP contribution in [0.3, 0.4) is 0 Å². The van der Waals surface area contributed by atoms with Crippen LogP contribution >= 0.6 is 11.8 Å². The van der Waals surface area contributed by atoms with Crippen molar-refractivity contribution in [2.45, 2.75) is 160 Å². The van der Waals surface area contributed by atoms with Crippen LogP contribution in [0.1, 0.15) is 148 Å². The summed E-state index contributed by atoms with van der Waals surface area (Å²) in [5.74, 6) is -4.74. The van der Waals surface area contributed by atoms with Crippen molar-refractivity contribution in [3.05, 3.63) is 6.92 Å². The summed E-state index contributed by atoms with van der Waals surface area (Å²) in [4.78, 5) is 102. The molecule has 0 spiro atoms. The second-order valence-electron chi connectivity index (χ2n) is 17.1. The number of aldehydes is 1. The van der Waals surface area contributed by atoms with Gasteiger partial charge in [-0.2, -0.15) is 11.8 Å². The number of amides is 4. The van der Waals surface area contributed by atoms with Gasteiger partial charge in [0.15, 0.2) is 0 Å². The summed E-state index contributed by atoms with van der Waals surface area (Å²) in [7, 11) is 0. The molecule has 0 bridgehead atoms. The minimum Gasteiger partial charge on any atom is -0.483 e. The number of carbonyl (C=O) groups excluding carboxylic acids is 6. The van der Waals surface area contributed by atoms with Crippen LogP contribution in [-0.4, -0.2) is 165 Å². The Morgan fingerprint density at radius 2 is 0.972 bits per heavy atom. The van der Waals surface area contributed by atoms with E-state index >= 15 is 0 Å². The summed E-state index contributed by atoms with van der Waals surface area (Å²) >= 11 is 1.17. The molecule has 0 aliphatic carbocycles. The second-order valence-corrected chi connectivity index (χ2v) is 18.1. The quantitative estimate of drug-likeness (QED) is 0.0242. The van der Waals surface area contributed by atoms with Gasteiger partial charge in [0.05, 0.1) is 44.8 Å². The Kier molecular flexibility index (Phi) is 55.0. The zero-order chi connectivity index (χ0) is 53.2. The Morgan fingerprint density at radius 1 is 0.542 bits per heavy atom. The first-order valence-corrected chi connectivity index (χ1v) is 26.5. The first kappa shape index (κ1) is 73.1. The molecule has 0 heterocycles. The Morgan fingerprint density at radius 3 is 1.43 bits per heavy atom. The number of rotatable bonds is 50. The molecule has 415 valence electrons. The number of carbonyl (C=O) groups is 9. The number of Topliss-reactive ketones (excluding diaryl/α,β-unsaturated/α-hetero) is 1. The monoisotopic (exact) mass is 1120 g/mol. The number of nitrogens with one attached hydrogen (secondary N) is 4. The molecule has 21 nitrogen and oxygen atoms in total. The van der Waals surface area contributed by atoms with Crippen LogP contribution in [0, 0.1) is 12.8 Å². The average molecular weight is 1120 g/mol. The summed E-state index contributed by atoms with van der Waals surface area (Å²) in [5.41, 5.74) is 4.92. The number of hydrogen-bond donors (Lipinski definition) is 8. The van der Waals surface area contributed by atoms with Crippen LogP contribution < -0.4 is 27.0 Å². The SMILES string of the molecule is C[C@H](N)C=O.[CH2-][C@@H](CSCC(=O)NCCNC(=O)COCCOCCNC(=O)COCCOCCCC(=O)CC[C@H](NC(=O)CCCCCCCCCCCCCCCCCCC(=O)O)C(=O)O)C(=O)O.[Y]. The maximum atomic E-state index is 12.4. The summed E-state index contributed by atoms with van der Waals surface area (Å²) in [6, 6.07) is -1.40. The number of ether oxygens (including phenoxy) is 4. The molecule has 0 aromatic carbocycles. The molecule has 9 N–H and O–H groups in total. The smallest absolute Gasteiger partial charge is 0.326 e. The zero-order valence-electron chi connectivity index (χ0n) is 43.0. The molecule has 0 rings (SSSR count). The van der Waals surface area contributed by atoms with Gasteiger partial charge < -0.3 is 73.0 Å². The number of carboxylic acids is 3. The summed E-state index contributed by atoms with van der Waals surface area (Å²) in [6.07, 6.45) is 19.8. The van der Waals surface area contributed by atoms with Gasteiger partial charge in [0, 0.05) is 84.6 Å². The molecule has 0 aliphatic rings. The van der Waals surface area contributed by atoms with Gasteiger partial charge in [-0.3, -0.25) is 33.6 Å². The largest absolute Gasteiger partial charge is 0.483 e. The van der Waals surface area contributed by atoms with E-state index in [0.29, 0.717) is 25.7 Å². The molecule has 0 aliphatic heterocycles. The van der Waals surface area contributed by atoms with Crippen LogP contribution in [-0.2, 0) is 94.8 Å². The third-order valence-corrected chi connectivity index (χ3v) is 11.4. The first-order valence-electron chi connectivity index (χ1n) is 25.3. The standard InChI is InChI=1S/C46H81N4O15S.C3H7NO.Y/c1-37(45(58)59)35-66-36-43(55)48-25-24-47-41(53)33-65-32-30-63-28-26-49-42(54)34-64-31-29-62-27-18-19-38(51)22-23-39(46(60)61)50-40(52)20-16-14-12-10-8-6-4-2-3-5-7-9-11-13-15-17-21-44(56)57;1-3(4)2-5;/h37,39H,1-36H2,(H,47,53)(H,48,55)(H,49,54)(H,50,52)(H,56,57)(H,58,59)(H,60,61);2-3H,4H2,1H3;/q-1;;/t37-,39-;3-;/m00./s1. The molecular formula is C49H88N5O16SY-. The van der Waals surface area contributed by atoms with Gasteiger partial charge in [-0.1, -0.05) is 95.8 Å². The predicted molar refractivity (Wildman–Crippen MR) is 270 cm³/mol. The molecule has 72 heavy (non-hydrogen) atoms. The number of nitrogens with two attached hydrogens (primary N) is 1. The van der Waals surface area contributed by atoms with Crippen LogP contribution in [0.2, 0.25) is 0 Å². The maximum Gasteiger partial charge on any atom is 0.326 e. The zero-order valence-corrected chi connectivity index (χ0v) is 46.6. The van der Waals surface area contributed by atoms with Crippen molar-refractivity contribution in [1.29, 1.82) is 0 Å². The van der Waals surface area contributed by atoms with E-state index in [9.17, 15) is 48.3 Å². The van der Waals surface area contributed by atoms with Crippen LogP contribution in [0.25, 0.3) is 0 Å². The minimum atomic E-state index is -1.16. The summed E-state index contributed by atoms with van der Waals surface area (Å²) in [5, 5.41) is 37.4. The van der Waals surface area contributed by atoms with Crippen molar-refractivity contribution < 1.29 is 110 Å². The van der Waals surface area contributed by atoms with Crippen LogP contribution in [0.4, 0.5) is 0 Å². The van der Waals surface area contributed by atoms with Crippen molar-refractivity contribution in [3.63, 3.8) is 0 Å². The fourth-order valence-corrected chi connectivity index (χ4v) is 7.15. The van der Waals surface area contributed by atoms with Crippen LogP contribution in [0.15, 0.2) is 0 Å². The van der Waals surface area contributed by atoms with Crippen molar-refractivity contribution >= 4 is 65.4 Å². The molecular weight excluding hydrogens is 1040 g/mol. The van der Waals surface area contributed by atoms with E-state index in [0.717, 1.165) is 38.5 Å². The number of unbranched alkanes of at least 4 members (excludes halogenated alkanes) is 15. The van der Waals surface area contributed by atoms with E-state index in [2.05, 4.69) is 28.2 Å². The van der Waals surface area contributed by atoms with Crippen molar-refractivity contribution in [3.8, 4) is 0 Å². The minimum absolute atomic E-state index is 0. The third kappa shape index (κ3) is 56.2. The Hall–Kier alpha value is -3.12. The third-order valence-electron chi connectivity index (χ3n) is 10.3. The van der Waals surface area contributed by atoms with E-state index in [1.807, 2.05) is 0 Å². The van der Waals surface area contributed by atoms with Crippen LogP contribution in [0.5, 0.6) is 0 Å². The van der Waals surface area contributed by atoms with Crippen molar-refractivity contribution in [2.75, 3.05) is 84.0 Å². The Balaban J connectivity index is -0.00000752. The molecule has 3 atom stereocenters. The normalized spacial score (nSPS) is 11.9. The van der Waals surface area contributed by atoms with E-state index in [1.165, 1.54) is 69.5 Å². The summed E-state index contributed by atoms with van der Waals surface area (Å²) < 4.78 is 21.3. The fraction of sp³-hybridized carbons (Fsp3) is 0.796. The molecule has 0 fully saturated rings. The summed E-state index contributed by atoms with van der Waals surface area (Å²) in [6.45, 7) is 6.72. The van der Waals surface area contributed by atoms with Gasteiger partial charge >= 0.3 is 11.9 Å². The molecule has 4 amide bonds. The molecule has 0 aromatic rings. The van der Waals surface area contributed by atoms with E-state index in [4.69, 9.17) is 34.9 Å². The first-order chi connectivity index (χ1) is 34.1. The average Bonchev–Trinajstić information content (AvgIpc) is 3.32. The van der Waals surface area contributed by atoms with Gasteiger partial charge in [-0.25, -0.2) is 4.79 Å². The molecule has 0 unspecified atom stereocenters. The molecule has 0 aromatic heterocycles. The van der Waals surface area contributed by atoms with E-state index in [1.54, 1.807) is 6.92 Å².